The number of anilines is 2. The van der Waals surface area contributed by atoms with E-state index in [0.29, 0.717) is 0 Å². The van der Waals surface area contributed by atoms with E-state index in [9.17, 15) is 16.8 Å². The molecule has 1 heterocycles. The van der Waals surface area contributed by atoms with Gasteiger partial charge in [0.25, 0.3) is 20.0 Å². The van der Waals surface area contributed by atoms with Crippen LogP contribution in [0.1, 0.15) is 0 Å². The minimum absolute atomic E-state index is 0.00293. The average molecular weight is 459 g/mol. The molecular weight excluding hydrogens is 447 g/mol. The topological polar surface area (TPSA) is 118 Å². The van der Waals surface area contributed by atoms with Gasteiger partial charge < -0.3 is 0 Å². The van der Waals surface area contributed by atoms with Crippen molar-refractivity contribution in [2.75, 3.05) is 9.44 Å². The van der Waals surface area contributed by atoms with Crippen molar-refractivity contribution in [3.05, 3.63) is 71.0 Å². The predicted molar refractivity (Wildman–Crippen MR) is 107 cm³/mol. The normalized spacial score (nSPS) is 11.8. The van der Waals surface area contributed by atoms with Crippen LogP contribution in [-0.4, -0.2) is 26.8 Å². The van der Waals surface area contributed by atoms with Gasteiger partial charge >= 0.3 is 0 Å². The molecule has 2 N–H and O–H groups in total. The highest BCUT2D eigenvalue weighted by Crippen LogP contribution is 2.27. The fourth-order valence-corrected chi connectivity index (χ4v) is 4.91. The molecule has 0 aliphatic heterocycles. The van der Waals surface area contributed by atoms with Crippen LogP contribution in [0.3, 0.4) is 0 Å². The molecule has 2 aromatic carbocycles. The lowest BCUT2D eigenvalue weighted by Gasteiger charge is -2.11. The zero-order chi connectivity index (χ0) is 20.4. The summed E-state index contributed by atoms with van der Waals surface area (Å²) in [5.41, 5.74) is 0.144. The molecule has 8 nitrogen and oxygen atoms in total. The van der Waals surface area contributed by atoms with Gasteiger partial charge in [-0.2, -0.15) is 0 Å². The molecule has 0 saturated carbocycles. The summed E-state index contributed by atoms with van der Waals surface area (Å²) in [6.07, 6.45) is 2.79. The van der Waals surface area contributed by atoms with Gasteiger partial charge in [0.1, 0.15) is 4.90 Å². The molecule has 0 amide bonds. The predicted octanol–water partition coefficient (Wildman–Crippen LogP) is 3.39. The lowest BCUT2D eigenvalue weighted by Crippen LogP contribution is -2.16. The van der Waals surface area contributed by atoms with E-state index in [1.807, 2.05) is 0 Å². The van der Waals surface area contributed by atoms with Gasteiger partial charge in [-0.05, 0) is 48.5 Å². The fraction of sp³-hybridized carbons (Fsp3) is 0. The molecule has 28 heavy (non-hydrogen) atoms. The average Bonchev–Trinajstić information content (AvgIpc) is 2.64. The number of nitrogens with zero attached hydrogens (tertiary/aromatic N) is 2. The summed E-state index contributed by atoms with van der Waals surface area (Å²) in [5, 5.41) is 0.212. The maximum atomic E-state index is 12.5. The maximum Gasteiger partial charge on any atom is 0.264 e. The van der Waals surface area contributed by atoms with Gasteiger partial charge in [-0.25, -0.2) is 31.5 Å². The molecular formula is C16H12Cl2N4O4S2. The van der Waals surface area contributed by atoms with Gasteiger partial charge in [0.2, 0.25) is 5.95 Å². The summed E-state index contributed by atoms with van der Waals surface area (Å²) < 4.78 is 54.2. The van der Waals surface area contributed by atoms with Crippen molar-refractivity contribution in [3.8, 4) is 0 Å². The van der Waals surface area contributed by atoms with Crippen LogP contribution in [0.25, 0.3) is 0 Å². The number of hydrogen-bond donors (Lipinski definition) is 2. The van der Waals surface area contributed by atoms with Crippen molar-refractivity contribution in [2.45, 2.75) is 9.79 Å². The Morgan fingerprint density at radius 1 is 0.786 bits per heavy atom. The van der Waals surface area contributed by atoms with Crippen molar-refractivity contribution in [3.63, 3.8) is 0 Å². The third-order valence-electron chi connectivity index (χ3n) is 3.39. The van der Waals surface area contributed by atoms with E-state index in [1.54, 1.807) is 6.07 Å². The third kappa shape index (κ3) is 4.71. The Hall–Kier alpha value is -2.40. The lowest BCUT2D eigenvalue weighted by atomic mass is 10.3. The lowest BCUT2D eigenvalue weighted by molar-refractivity contribution is 0.599. The van der Waals surface area contributed by atoms with E-state index < -0.39 is 20.0 Å². The van der Waals surface area contributed by atoms with Gasteiger partial charge in [0.15, 0.2) is 0 Å². The number of aromatic nitrogens is 2. The van der Waals surface area contributed by atoms with E-state index in [1.165, 1.54) is 54.9 Å². The molecule has 0 saturated heterocycles. The van der Waals surface area contributed by atoms with Gasteiger partial charge in [0, 0.05) is 23.1 Å². The fourth-order valence-electron chi connectivity index (χ4n) is 2.13. The van der Waals surface area contributed by atoms with Crippen molar-refractivity contribution >= 4 is 54.9 Å². The van der Waals surface area contributed by atoms with Crippen molar-refractivity contribution in [1.82, 2.24) is 9.97 Å². The number of hydrogen-bond acceptors (Lipinski definition) is 6. The second kappa shape index (κ2) is 7.92. The van der Waals surface area contributed by atoms with Crippen LogP contribution in [-0.2, 0) is 20.0 Å². The zero-order valence-corrected chi connectivity index (χ0v) is 17.0. The summed E-state index contributed by atoms with van der Waals surface area (Å²) >= 11 is 11.8. The minimum Gasteiger partial charge on any atom is -0.280 e. The maximum absolute atomic E-state index is 12.5. The Kier molecular flexibility index (Phi) is 5.75. The van der Waals surface area contributed by atoms with Crippen LogP contribution in [0.4, 0.5) is 11.6 Å². The molecule has 0 bridgehead atoms. The smallest absolute Gasteiger partial charge is 0.264 e. The van der Waals surface area contributed by atoms with Crippen LogP contribution < -0.4 is 9.44 Å². The SMILES string of the molecule is O=S(=O)(Nc1ncccn1)c1ccc(NS(=O)(=O)c2cc(Cl)ccc2Cl)cc1. The highest BCUT2D eigenvalue weighted by atomic mass is 35.5. The standard InChI is InChI=1S/C16H12Cl2N4O4S2/c17-11-2-7-14(18)15(10-11)28(25,26)21-12-3-5-13(6-4-12)27(23,24)22-16-19-8-1-9-20-16/h1-10,21H,(H,19,20,22). The van der Waals surface area contributed by atoms with Gasteiger partial charge in [-0.15, -0.1) is 0 Å². The summed E-state index contributed by atoms with van der Waals surface area (Å²) in [6, 6.07) is 10.7. The summed E-state index contributed by atoms with van der Waals surface area (Å²) in [5.74, 6) is -0.0807. The number of benzene rings is 2. The Balaban J connectivity index is 1.82. The van der Waals surface area contributed by atoms with Crippen molar-refractivity contribution in [2.24, 2.45) is 0 Å². The first-order chi connectivity index (χ1) is 13.2. The monoisotopic (exact) mass is 458 g/mol. The molecule has 1 aromatic heterocycles. The molecule has 0 aliphatic carbocycles. The van der Waals surface area contributed by atoms with Crippen LogP contribution in [0, 0.1) is 0 Å². The molecule has 0 spiro atoms. The number of nitrogens with one attached hydrogen (secondary N) is 2. The second-order valence-electron chi connectivity index (χ2n) is 5.38. The largest absolute Gasteiger partial charge is 0.280 e. The van der Waals surface area contributed by atoms with Crippen LogP contribution >= 0.6 is 23.2 Å². The molecule has 0 fully saturated rings. The van der Waals surface area contributed by atoms with Crippen LogP contribution in [0.5, 0.6) is 0 Å². The van der Waals surface area contributed by atoms with Crippen LogP contribution in [0.2, 0.25) is 10.0 Å². The van der Waals surface area contributed by atoms with E-state index in [-0.39, 0.29) is 31.5 Å². The molecule has 0 unspecified atom stereocenters. The van der Waals surface area contributed by atoms with Crippen molar-refractivity contribution in [1.29, 1.82) is 0 Å². The van der Waals surface area contributed by atoms with E-state index >= 15 is 0 Å². The summed E-state index contributed by atoms with van der Waals surface area (Å²) in [4.78, 5) is 7.29. The molecule has 0 aliphatic rings. The first-order valence-corrected chi connectivity index (χ1v) is 11.3. The van der Waals surface area contributed by atoms with Crippen molar-refractivity contribution < 1.29 is 16.8 Å². The Morgan fingerprint density at radius 2 is 1.43 bits per heavy atom. The molecule has 0 atom stereocenters. The minimum atomic E-state index is -4.01. The summed E-state index contributed by atoms with van der Waals surface area (Å²) in [6.45, 7) is 0. The third-order valence-corrected chi connectivity index (χ3v) is 6.83. The van der Waals surface area contributed by atoms with Gasteiger partial charge in [-0.1, -0.05) is 23.2 Å². The first kappa shape index (κ1) is 20.3. The molecule has 0 radical (unpaired) electrons. The van der Waals surface area contributed by atoms with E-state index in [2.05, 4.69) is 19.4 Å². The number of sulfonamides is 2. The highest BCUT2D eigenvalue weighted by Gasteiger charge is 2.20. The van der Waals surface area contributed by atoms with E-state index in [4.69, 9.17) is 23.2 Å². The highest BCUT2D eigenvalue weighted by molar-refractivity contribution is 7.93. The number of rotatable bonds is 6. The molecule has 3 rings (SSSR count). The Bertz CT molecular complexity index is 1200. The number of halogens is 2. The Labute approximate surface area is 171 Å². The van der Waals surface area contributed by atoms with Crippen LogP contribution in [0.15, 0.2) is 70.7 Å². The zero-order valence-electron chi connectivity index (χ0n) is 13.9. The summed E-state index contributed by atoms with van der Waals surface area (Å²) in [7, 11) is -7.94. The molecule has 12 heteroatoms. The van der Waals surface area contributed by atoms with E-state index in [0.717, 1.165) is 0 Å². The Morgan fingerprint density at radius 3 is 2.07 bits per heavy atom. The quantitative estimate of drug-likeness (QED) is 0.584. The van der Waals surface area contributed by atoms with Gasteiger partial charge in [-0.3, -0.25) is 4.72 Å². The molecule has 146 valence electrons. The van der Waals surface area contributed by atoms with Gasteiger partial charge in [0.05, 0.1) is 9.92 Å². The first-order valence-electron chi connectivity index (χ1n) is 7.55. The second-order valence-corrected chi connectivity index (χ2v) is 9.56. The molecule has 3 aromatic rings.